The van der Waals surface area contributed by atoms with Gasteiger partial charge in [-0.15, -0.1) is 0 Å². The number of allylic oxidation sites excluding steroid dienone is 5. The summed E-state index contributed by atoms with van der Waals surface area (Å²) in [5, 5.41) is 0. The fourth-order valence-corrected chi connectivity index (χ4v) is 11.1. The van der Waals surface area contributed by atoms with Gasteiger partial charge in [0, 0.05) is 12.8 Å². The smallest absolute Gasteiger partial charge is 0.306 e. The van der Waals surface area contributed by atoms with Crippen molar-refractivity contribution in [2.24, 2.45) is 46.3 Å². The third kappa shape index (κ3) is 10.6. The van der Waals surface area contributed by atoms with Gasteiger partial charge in [0.25, 0.3) is 0 Å². The molecule has 0 bridgehead atoms. The van der Waals surface area contributed by atoms with Crippen molar-refractivity contribution in [3.05, 3.63) is 36.0 Å². The lowest BCUT2D eigenvalue weighted by Crippen LogP contribution is -2.51. The molecule has 4 rings (SSSR count). The molecule has 0 aromatic heterocycles. The van der Waals surface area contributed by atoms with Crippen LogP contribution in [0.25, 0.3) is 0 Å². The number of unbranched alkanes of at least 4 members (excludes halogenated alkanes) is 8. The van der Waals surface area contributed by atoms with Gasteiger partial charge in [-0.2, -0.15) is 0 Å². The number of ether oxygens (including phenoxy) is 1. The van der Waals surface area contributed by atoms with E-state index in [-0.39, 0.29) is 12.1 Å². The minimum atomic E-state index is 0.0477. The Morgan fingerprint density at radius 3 is 2.30 bits per heavy atom. The molecule has 0 aromatic rings. The topological polar surface area (TPSA) is 26.3 Å². The van der Waals surface area contributed by atoms with Crippen LogP contribution in [-0.4, -0.2) is 12.1 Å². The molecular weight excluding hydrogens is 574 g/mol. The van der Waals surface area contributed by atoms with Crippen LogP contribution in [0.2, 0.25) is 0 Å². The third-order valence-electron chi connectivity index (χ3n) is 13.9. The Labute approximate surface area is 292 Å². The van der Waals surface area contributed by atoms with Crippen LogP contribution in [0, 0.1) is 46.3 Å². The van der Waals surface area contributed by atoms with Gasteiger partial charge in [-0.1, -0.05) is 129 Å². The van der Waals surface area contributed by atoms with E-state index >= 15 is 0 Å². The lowest BCUT2D eigenvalue weighted by molar-refractivity contribution is -0.151. The van der Waals surface area contributed by atoms with Crippen molar-refractivity contribution in [1.29, 1.82) is 0 Å². The van der Waals surface area contributed by atoms with Crippen molar-refractivity contribution >= 4 is 5.97 Å². The van der Waals surface area contributed by atoms with E-state index in [1.807, 2.05) is 0 Å². The molecule has 0 unspecified atom stereocenters. The summed E-state index contributed by atoms with van der Waals surface area (Å²) in [6.45, 7) is 14.9. The highest BCUT2D eigenvalue weighted by Gasteiger charge is 2.59. The van der Waals surface area contributed by atoms with Crippen LogP contribution in [-0.2, 0) is 9.53 Å². The molecule has 3 saturated carbocycles. The highest BCUT2D eigenvalue weighted by molar-refractivity contribution is 5.69. The maximum absolute atomic E-state index is 12.8. The van der Waals surface area contributed by atoms with Gasteiger partial charge in [-0.05, 0) is 130 Å². The second kappa shape index (κ2) is 19.2. The number of fused-ring (bicyclic) bond motifs is 5. The van der Waals surface area contributed by atoms with Gasteiger partial charge in [0.2, 0.25) is 0 Å². The summed E-state index contributed by atoms with van der Waals surface area (Å²) < 4.78 is 6.12. The molecule has 268 valence electrons. The first-order valence-corrected chi connectivity index (χ1v) is 20.9. The van der Waals surface area contributed by atoms with E-state index in [2.05, 4.69) is 71.9 Å². The van der Waals surface area contributed by atoms with E-state index in [1.54, 1.807) is 5.57 Å². The molecule has 3 fully saturated rings. The molecule has 0 aromatic carbocycles. The van der Waals surface area contributed by atoms with Gasteiger partial charge in [-0.3, -0.25) is 4.79 Å². The standard InChI is InChI=1S/C45H76O2/c1-7-8-9-10-11-12-13-14-15-16-17-18-19-20-21-25-43(46)47-38-30-32-44(5)37(34-38)26-27-39-41-29-28-40(36(4)24-22-23-35(2)3)45(41,6)33-31-42(39)44/h11-12,14-15,26,35-36,38-42H,7-10,13,16-25,27-34H2,1-6H3/b12-11-,15-14-/t36-,38+,39+,40-,41+,42+,44+,45-/m1/s1/i25+1,43+1. The van der Waals surface area contributed by atoms with Crippen LogP contribution >= 0.6 is 0 Å². The van der Waals surface area contributed by atoms with Gasteiger partial charge in [-0.25, -0.2) is 0 Å². The van der Waals surface area contributed by atoms with Crippen LogP contribution in [0.5, 0.6) is 0 Å². The Bertz CT molecular complexity index is 1020. The molecule has 0 N–H and O–H groups in total. The Morgan fingerprint density at radius 1 is 0.830 bits per heavy atom. The molecule has 0 amide bonds. The Morgan fingerprint density at radius 2 is 1.55 bits per heavy atom. The van der Waals surface area contributed by atoms with Gasteiger partial charge in [0.1, 0.15) is 6.10 Å². The molecule has 0 spiro atoms. The Balaban J connectivity index is 1.13. The summed E-state index contributed by atoms with van der Waals surface area (Å²) in [6, 6.07) is 0. The molecule has 8 atom stereocenters. The molecule has 0 heterocycles. The molecule has 2 heteroatoms. The first-order valence-electron chi connectivity index (χ1n) is 20.9. The maximum Gasteiger partial charge on any atom is 0.306 e. The van der Waals surface area contributed by atoms with Crippen LogP contribution in [0.15, 0.2) is 36.0 Å². The first kappa shape index (κ1) is 38.5. The SMILES string of the molecule is CCCCC/C=C\C/C=C\CCCCCC[13CH2][13C](=O)O[C@H]1CC[C@@]2(C)C(=CC[C@H]3[C@@H]4CC[C@H]([C@H](C)CCCC(C)C)[C@@]4(C)CC[C@@H]32)C1. The number of rotatable bonds is 20. The minimum Gasteiger partial charge on any atom is -0.462 e. The molecule has 47 heavy (non-hydrogen) atoms. The largest absolute Gasteiger partial charge is 0.462 e. The Hall–Kier alpha value is -1.31. The zero-order valence-corrected chi connectivity index (χ0v) is 32.0. The molecule has 0 saturated heterocycles. The van der Waals surface area contributed by atoms with Gasteiger partial charge < -0.3 is 4.74 Å². The molecule has 0 radical (unpaired) electrons. The quantitative estimate of drug-likeness (QED) is 0.0567. The molecule has 4 aliphatic rings. The van der Waals surface area contributed by atoms with Crippen LogP contribution < -0.4 is 0 Å². The summed E-state index contributed by atoms with van der Waals surface area (Å²) >= 11 is 0. The van der Waals surface area contributed by atoms with Crippen LogP contribution in [0.4, 0.5) is 0 Å². The van der Waals surface area contributed by atoms with Gasteiger partial charge in [0.15, 0.2) is 0 Å². The van der Waals surface area contributed by atoms with E-state index in [9.17, 15) is 4.79 Å². The molecule has 0 aliphatic heterocycles. The third-order valence-corrected chi connectivity index (χ3v) is 13.9. The summed E-state index contributed by atoms with van der Waals surface area (Å²) in [5.74, 6) is 5.30. The summed E-state index contributed by atoms with van der Waals surface area (Å²) in [6.07, 6.45) is 40.5. The predicted molar refractivity (Wildman–Crippen MR) is 202 cm³/mol. The number of hydrogen-bond donors (Lipinski definition) is 0. The number of hydrogen-bond acceptors (Lipinski definition) is 2. The summed E-state index contributed by atoms with van der Waals surface area (Å²) in [5.41, 5.74) is 2.52. The van der Waals surface area contributed by atoms with Crippen LogP contribution in [0.3, 0.4) is 0 Å². The fourth-order valence-electron chi connectivity index (χ4n) is 11.1. The normalized spacial score (nSPS) is 32.7. The van der Waals surface area contributed by atoms with Crippen molar-refractivity contribution in [1.82, 2.24) is 0 Å². The average molecular weight is 651 g/mol. The van der Waals surface area contributed by atoms with Crippen molar-refractivity contribution in [3.63, 3.8) is 0 Å². The number of carbonyl (C=O) groups is 1. The van der Waals surface area contributed by atoms with E-state index in [0.717, 1.165) is 67.6 Å². The van der Waals surface area contributed by atoms with Crippen molar-refractivity contribution < 1.29 is 9.53 Å². The fraction of sp³-hybridized carbons (Fsp3) is 0.844. The van der Waals surface area contributed by atoms with Crippen molar-refractivity contribution in [3.8, 4) is 0 Å². The number of carbonyl (C=O) groups excluding carboxylic acids is 1. The lowest BCUT2D eigenvalue weighted by Gasteiger charge is -2.58. The van der Waals surface area contributed by atoms with Gasteiger partial charge >= 0.3 is 5.97 Å². The summed E-state index contributed by atoms with van der Waals surface area (Å²) in [7, 11) is 0. The highest BCUT2D eigenvalue weighted by atomic mass is 16.6. The second-order valence-corrected chi connectivity index (χ2v) is 17.6. The molecule has 4 aliphatic carbocycles. The first-order chi connectivity index (χ1) is 22.7. The average Bonchev–Trinajstić information content (AvgIpc) is 3.40. The predicted octanol–water partition coefficient (Wildman–Crippen LogP) is 13.8. The monoisotopic (exact) mass is 651 g/mol. The zero-order valence-electron chi connectivity index (χ0n) is 32.0. The molecular formula is C45H76O2. The van der Waals surface area contributed by atoms with E-state index < -0.39 is 0 Å². The second-order valence-electron chi connectivity index (χ2n) is 17.6. The minimum absolute atomic E-state index is 0.0477. The maximum atomic E-state index is 12.8. The Kier molecular flexibility index (Phi) is 15.7. The van der Waals surface area contributed by atoms with Crippen molar-refractivity contribution in [2.75, 3.05) is 0 Å². The van der Waals surface area contributed by atoms with Crippen LogP contribution in [0.1, 0.15) is 189 Å². The lowest BCUT2D eigenvalue weighted by atomic mass is 9.47. The van der Waals surface area contributed by atoms with Gasteiger partial charge in [0.05, 0.1) is 0 Å². The summed E-state index contributed by atoms with van der Waals surface area (Å²) in [4.78, 5) is 12.8. The highest BCUT2D eigenvalue weighted by Crippen LogP contribution is 2.67. The molecule has 2 nitrogen and oxygen atoms in total. The zero-order chi connectivity index (χ0) is 33.7. The van der Waals surface area contributed by atoms with Crippen molar-refractivity contribution in [2.45, 2.75) is 195 Å². The van der Waals surface area contributed by atoms with E-state index in [4.69, 9.17) is 4.74 Å². The van der Waals surface area contributed by atoms with E-state index in [0.29, 0.717) is 17.3 Å². The van der Waals surface area contributed by atoms with E-state index in [1.165, 1.54) is 109 Å². The number of esters is 1.